The standard InChI is InChI=1S/C47H38F4N6O5/c1-55-43-35(25-34(47(49,50)51)26-38(43)56(45(55)59)27-42(58)53-37-21-13-14-22-39(37)60-2)30-23-36(48)44(40(24-30)61-3)62-28-41-52-29-57(54-41)46(31-15-7-4-8-16-31,32-17-9-5-10-18-32)33-19-11-6-12-20-33/h4-26,29H,27-28H2,1-3H3,(H,53,58). The number of ether oxygens (including phenoxy) is 3. The summed E-state index contributed by atoms with van der Waals surface area (Å²) in [6, 6.07) is 40.0. The lowest BCUT2D eigenvalue weighted by Gasteiger charge is -2.35. The van der Waals surface area contributed by atoms with Crippen LogP contribution in [-0.4, -0.2) is 44.0 Å². The number of halogens is 4. The second-order valence-electron chi connectivity index (χ2n) is 14.3. The van der Waals surface area contributed by atoms with Crippen molar-refractivity contribution in [2.45, 2.75) is 24.9 Å². The minimum Gasteiger partial charge on any atom is -0.495 e. The van der Waals surface area contributed by atoms with E-state index in [1.165, 1.54) is 27.3 Å². The number of anilines is 1. The third-order valence-corrected chi connectivity index (χ3v) is 10.6. The smallest absolute Gasteiger partial charge is 0.416 e. The molecule has 0 spiro atoms. The van der Waals surface area contributed by atoms with Crippen LogP contribution in [0.2, 0.25) is 0 Å². The predicted octanol–water partition coefficient (Wildman–Crippen LogP) is 8.83. The molecule has 0 fully saturated rings. The van der Waals surface area contributed by atoms with Gasteiger partial charge in [0.25, 0.3) is 0 Å². The van der Waals surface area contributed by atoms with Gasteiger partial charge in [-0.2, -0.15) is 18.3 Å². The van der Waals surface area contributed by atoms with Crippen molar-refractivity contribution < 1.29 is 36.6 Å². The van der Waals surface area contributed by atoms with Crippen LogP contribution in [0.4, 0.5) is 23.2 Å². The van der Waals surface area contributed by atoms with E-state index in [1.54, 1.807) is 35.3 Å². The summed E-state index contributed by atoms with van der Waals surface area (Å²) in [6.45, 7) is -0.942. The Bertz CT molecular complexity index is 2850. The van der Waals surface area contributed by atoms with Gasteiger partial charge in [-0.1, -0.05) is 103 Å². The summed E-state index contributed by atoms with van der Waals surface area (Å²) in [7, 11) is 4.04. The third kappa shape index (κ3) is 7.53. The number of nitrogens with one attached hydrogen (secondary N) is 1. The van der Waals surface area contributed by atoms with Gasteiger partial charge >= 0.3 is 11.9 Å². The van der Waals surface area contributed by atoms with Crippen LogP contribution in [0.3, 0.4) is 0 Å². The van der Waals surface area contributed by atoms with E-state index in [2.05, 4.69) is 10.3 Å². The van der Waals surface area contributed by atoms with Crippen molar-refractivity contribution in [2.75, 3.05) is 19.5 Å². The fraction of sp³-hybridized carbons (Fsp3) is 0.149. The highest BCUT2D eigenvalue weighted by molar-refractivity contribution is 5.96. The summed E-state index contributed by atoms with van der Waals surface area (Å²) >= 11 is 0. The molecule has 0 saturated carbocycles. The Morgan fingerprint density at radius 1 is 0.742 bits per heavy atom. The number of amides is 1. The minimum atomic E-state index is -4.87. The normalized spacial score (nSPS) is 11.7. The number of carbonyl (C=O) groups is 1. The highest BCUT2D eigenvalue weighted by Crippen LogP contribution is 2.43. The monoisotopic (exact) mass is 842 g/mol. The van der Waals surface area contributed by atoms with Crippen LogP contribution in [0.25, 0.3) is 22.2 Å². The number of alkyl halides is 3. The Hall–Kier alpha value is -7.68. The fourth-order valence-electron chi connectivity index (χ4n) is 7.79. The summed E-state index contributed by atoms with van der Waals surface area (Å²) in [4.78, 5) is 31.4. The maximum absolute atomic E-state index is 16.3. The van der Waals surface area contributed by atoms with Crippen LogP contribution in [0.1, 0.15) is 28.1 Å². The lowest BCUT2D eigenvalue weighted by Crippen LogP contribution is -2.38. The Labute approximate surface area is 352 Å². The second-order valence-corrected chi connectivity index (χ2v) is 14.3. The molecule has 15 heteroatoms. The summed E-state index contributed by atoms with van der Waals surface area (Å²) in [5.74, 6) is -1.58. The van der Waals surface area contributed by atoms with Gasteiger partial charge in [-0.05, 0) is 58.7 Å². The largest absolute Gasteiger partial charge is 0.495 e. The number of benzene rings is 6. The summed E-state index contributed by atoms with van der Waals surface area (Å²) in [6.07, 6.45) is -3.29. The summed E-state index contributed by atoms with van der Waals surface area (Å²) < 4.78 is 80.3. The van der Waals surface area contributed by atoms with Crippen LogP contribution in [0, 0.1) is 5.82 Å². The number of rotatable bonds is 13. The van der Waals surface area contributed by atoms with Gasteiger partial charge in [0.05, 0.1) is 36.5 Å². The number of fused-ring (bicyclic) bond motifs is 1. The number of carbonyl (C=O) groups excluding carboxylic acids is 1. The Balaban J connectivity index is 1.15. The summed E-state index contributed by atoms with van der Waals surface area (Å²) in [5.41, 5.74) is -0.187. The number of imidazole rings is 1. The molecule has 0 saturated heterocycles. The third-order valence-electron chi connectivity index (χ3n) is 10.6. The van der Waals surface area contributed by atoms with Crippen molar-refractivity contribution >= 4 is 22.6 Å². The highest BCUT2D eigenvalue weighted by atomic mass is 19.4. The van der Waals surface area contributed by atoms with Crippen LogP contribution in [0.15, 0.2) is 151 Å². The Morgan fingerprint density at radius 3 is 1.90 bits per heavy atom. The topological polar surface area (TPSA) is 114 Å². The average Bonchev–Trinajstić information content (AvgIpc) is 3.85. The number of aromatic nitrogens is 5. The molecule has 8 aromatic rings. The number of hydrogen-bond donors (Lipinski definition) is 1. The number of hydrogen-bond acceptors (Lipinski definition) is 7. The maximum Gasteiger partial charge on any atom is 0.416 e. The first-order chi connectivity index (χ1) is 29.9. The quantitative estimate of drug-likeness (QED) is 0.0912. The first-order valence-corrected chi connectivity index (χ1v) is 19.3. The summed E-state index contributed by atoms with van der Waals surface area (Å²) in [5, 5.41) is 7.50. The van der Waals surface area contributed by atoms with Gasteiger partial charge in [0.1, 0.15) is 30.8 Å². The zero-order valence-corrected chi connectivity index (χ0v) is 33.6. The van der Waals surface area contributed by atoms with E-state index in [4.69, 9.17) is 19.3 Å². The maximum atomic E-state index is 16.3. The molecule has 0 aliphatic carbocycles. The van der Waals surface area contributed by atoms with Gasteiger partial charge in [-0.25, -0.2) is 18.9 Å². The molecule has 2 aromatic heterocycles. The molecule has 0 aliphatic rings. The van der Waals surface area contributed by atoms with Gasteiger partial charge in [0, 0.05) is 12.6 Å². The van der Waals surface area contributed by atoms with E-state index >= 15 is 4.39 Å². The molecule has 314 valence electrons. The van der Waals surface area contributed by atoms with Gasteiger partial charge in [-0.15, -0.1) is 0 Å². The lowest BCUT2D eigenvalue weighted by atomic mass is 9.77. The van der Waals surface area contributed by atoms with E-state index in [1.807, 2.05) is 91.0 Å². The van der Waals surface area contributed by atoms with E-state index in [9.17, 15) is 22.8 Å². The van der Waals surface area contributed by atoms with Crippen LogP contribution in [0.5, 0.6) is 17.2 Å². The molecule has 8 rings (SSSR count). The van der Waals surface area contributed by atoms with E-state index < -0.39 is 41.2 Å². The van der Waals surface area contributed by atoms with Crippen molar-refractivity contribution in [1.29, 1.82) is 0 Å². The van der Waals surface area contributed by atoms with Gasteiger partial charge in [0.2, 0.25) is 5.91 Å². The van der Waals surface area contributed by atoms with E-state index in [0.29, 0.717) is 11.4 Å². The lowest BCUT2D eigenvalue weighted by molar-refractivity contribution is -0.137. The van der Waals surface area contributed by atoms with Gasteiger partial charge in [-0.3, -0.25) is 13.9 Å². The molecule has 1 N–H and O–H groups in total. The van der Waals surface area contributed by atoms with Crippen LogP contribution < -0.4 is 25.2 Å². The fourth-order valence-corrected chi connectivity index (χ4v) is 7.79. The van der Waals surface area contributed by atoms with Gasteiger partial charge in [0.15, 0.2) is 23.1 Å². The Kier molecular flexibility index (Phi) is 11.1. The van der Waals surface area contributed by atoms with Crippen LogP contribution >= 0.6 is 0 Å². The molecule has 0 unspecified atom stereocenters. The van der Waals surface area contributed by atoms with Gasteiger partial charge < -0.3 is 19.5 Å². The molecule has 0 bridgehead atoms. The Morgan fingerprint density at radius 2 is 1.32 bits per heavy atom. The van der Waals surface area contributed by atoms with Crippen molar-refractivity contribution in [3.8, 4) is 28.4 Å². The van der Waals surface area contributed by atoms with Crippen LogP contribution in [-0.2, 0) is 36.7 Å². The number of methoxy groups -OCH3 is 2. The SMILES string of the molecule is COc1ccccc1NC(=O)Cn1c(=O)n(C)c2c(-c3cc(F)c(OCc4ncn(C(c5ccccc5)(c5ccccc5)c5ccccc5)n4)c(OC)c3)cc(C(F)(F)F)cc21. The number of aryl methyl sites for hydroxylation is 1. The van der Waals surface area contributed by atoms with E-state index in [-0.39, 0.29) is 46.1 Å². The van der Waals surface area contributed by atoms with Crippen molar-refractivity contribution in [1.82, 2.24) is 23.9 Å². The van der Waals surface area contributed by atoms with Crippen molar-refractivity contribution in [3.05, 3.63) is 190 Å². The first-order valence-electron chi connectivity index (χ1n) is 19.3. The highest BCUT2D eigenvalue weighted by Gasteiger charge is 2.40. The zero-order chi connectivity index (χ0) is 43.6. The molecule has 1 amide bonds. The molecule has 0 radical (unpaired) electrons. The molecular weight excluding hydrogens is 805 g/mol. The first kappa shape index (κ1) is 41.1. The molecule has 2 heterocycles. The number of nitrogens with zero attached hydrogens (tertiary/aromatic N) is 5. The van der Waals surface area contributed by atoms with Crippen molar-refractivity contribution in [2.24, 2.45) is 7.05 Å². The molecule has 6 aromatic carbocycles. The number of para-hydroxylation sites is 2. The predicted molar refractivity (Wildman–Crippen MR) is 225 cm³/mol. The molecule has 62 heavy (non-hydrogen) atoms. The van der Waals surface area contributed by atoms with Crippen molar-refractivity contribution in [3.63, 3.8) is 0 Å². The average molecular weight is 843 g/mol. The van der Waals surface area contributed by atoms with E-state index in [0.717, 1.165) is 44.0 Å². The zero-order valence-electron chi connectivity index (χ0n) is 33.6. The minimum absolute atomic E-state index is 0.0247. The molecule has 11 nitrogen and oxygen atoms in total. The second kappa shape index (κ2) is 16.8. The molecular formula is C47H38F4N6O5. The molecule has 0 aliphatic heterocycles. The molecule has 0 atom stereocenters.